The van der Waals surface area contributed by atoms with Crippen LogP contribution in [0.15, 0.2) is 0 Å². The fourth-order valence-electron chi connectivity index (χ4n) is 3.38. The lowest BCUT2D eigenvalue weighted by Crippen LogP contribution is -2.63. The van der Waals surface area contributed by atoms with Crippen molar-refractivity contribution in [3.05, 3.63) is 0 Å². The van der Waals surface area contributed by atoms with E-state index in [4.69, 9.17) is 0 Å². The van der Waals surface area contributed by atoms with Crippen LogP contribution in [-0.4, -0.2) is 45.7 Å². The van der Waals surface area contributed by atoms with Crippen LogP contribution in [0.2, 0.25) is 0 Å². The zero-order chi connectivity index (χ0) is 14.1. The number of hydrogen-bond acceptors (Lipinski definition) is 3. The molecule has 0 aromatic carbocycles. The van der Waals surface area contributed by atoms with Crippen molar-refractivity contribution in [2.24, 2.45) is 5.41 Å². The monoisotopic (exact) mass is 269 g/mol. The van der Waals surface area contributed by atoms with Crippen LogP contribution in [0.5, 0.6) is 0 Å². The SMILES string of the molecule is CCCC1(O)CN(C(=O)CC2(C(=O)O)CCCC2)C1. The van der Waals surface area contributed by atoms with Gasteiger partial charge in [0.2, 0.25) is 5.91 Å². The average molecular weight is 269 g/mol. The number of aliphatic hydroxyl groups is 1. The summed E-state index contributed by atoms with van der Waals surface area (Å²) in [6.45, 7) is 2.71. The molecule has 1 saturated carbocycles. The van der Waals surface area contributed by atoms with Gasteiger partial charge in [-0.25, -0.2) is 0 Å². The molecule has 2 aliphatic rings. The predicted molar refractivity (Wildman–Crippen MR) is 69.6 cm³/mol. The first-order valence-corrected chi connectivity index (χ1v) is 7.14. The first-order valence-electron chi connectivity index (χ1n) is 7.14. The molecule has 0 bridgehead atoms. The minimum atomic E-state index is -0.852. The van der Waals surface area contributed by atoms with Crippen molar-refractivity contribution in [1.82, 2.24) is 4.90 Å². The van der Waals surface area contributed by atoms with Crippen LogP contribution in [-0.2, 0) is 9.59 Å². The van der Waals surface area contributed by atoms with E-state index in [1.54, 1.807) is 4.90 Å². The fraction of sp³-hybridized carbons (Fsp3) is 0.857. The van der Waals surface area contributed by atoms with Crippen molar-refractivity contribution >= 4 is 11.9 Å². The second-order valence-electron chi connectivity index (χ2n) is 6.19. The van der Waals surface area contributed by atoms with Crippen molar-refractivity contribution in [2.75, 3.05) is 13.1 Å². The zero-order valence-corrected chi connectivity index (χ0v) is 11.5. The Hall–Kier alpha value is -1.10. The lowest BCUT2D eigenvalue weighted by Gasteiger charge is -2.47. The third-order valence-electron chi connectivity index (χ3n) is 4.54. The van der Waals surface area contributed by atoms with E-state index in [0.29, 0.717) is 32.4 Å². The van der Waals surface area contributed by atoms with Crippen LogP contribution in [0.4, 0.5) is 0 Å². The number of hydrogen-bond donors (Lipinski definition) is 2. The van der Waals surface area contributed by atoms with E-state index in [1.165, 1.54) is 0 Å². The first-order chi connectivity index (χ1) is 8.91. The molecule has 1 aliphatic carbocycles. The topological polar surface area (TPSA) is 77.8 Å². The van der Waals surface area contributed by atoms with Gasteiger partial charge in [-0.1, -0.05) is 26.2 Å². The van der Waals surface area contributed by atoms with Crippen LogP contribution in [0.25, 0.3) is 0 Å². The number of carboxylic acids is 1. The van der Waals surface area contributed by atoms with Gasteiger partial charge in [0.1, 0.15) is 0 Å². The summed E-state index contributed by atoms with van der Waals surface area (Å²) in [6, 6.07) is 0. The molecule has 0 aromatic heterocycles. The lowest BCUT2D eigenvalue weighted by atomic mass is 9.81. The molecule has 1 aliphatic heterocycles. The van der Waals surface area contributed by atoms with Gasteiger partial charge in [0, 0.05) is 6.42 Å². The third-order valence-corrected chi connectivity index (χ3v) is 4.54. The Morgan fingerprint density at radius 3 is 2.26 bits per heavy atom. The maximum absolute atomic E-state index is 12.1. The van der Waals surface area contributed by atoms with Gasteiger partial charge in [-0.2, -0.15) is 0 Å². The van der Waals surface area contributed by atoms with Crippen LogP contribution < -0.4 is 0 Å². The molecule has 5 nitrogen and oxygen atoms in total. The van der Waals surface area contributed by atoms with Crippen LogP contribution in [0.1, 0.15) is 51.9 Å². The zero-order valence-electron chi connectivity index (χ0n) is 11.5. The average Bonchev–Trinajstić information content (AvgIpc) is 2.75. The van der Waals surface area contributed by atoms with E-state index in [1.807, 2.05) is 6.92 Å². The summed E-state index contributed by atoms with van der Waals surface area (Å²) in [5, 5.41) is 19.4. The number of likely N-dealkylation sites (tertiary alicyclic amines) is 1. The highest BCUT2D eigenvalue weighted by Gasteiger charge is 2.48. The number of aliphatic carboxylic acids is 1. The van der Waals surface area contributed by atoms with Gasteiger partial charge in [0.05, 0.1) is 24.1 Å². The number of rotatable bonds is 5. The van der Waals surface area contributed by atoms with Crippen molar-refractivity contribution in [1.29, 1.82) is 0 Å². The summed E-state index contributed by atoms with van der Waals surface area (Å²) in [6.07, 6.45) is 4.64. The molecule has 1 heterocycles. The van der Waals surface area contributed by atoms with Gasteiger partial charge in [0.15, 0.2) is 0 Å². The summed E-state index contributed by atoms with van der Waals surface area (Å²) < 4.78 is 0. The van der Waals surface area contributed by atoms with Crippen molar-refractivity contribution in [2.45, 2.75) is 57.5 Å². The molecule has 108 valence electrons. The molecular weight excluding hydrogens is 246 g/mol. The minimum Gasteiger partial charge on any atom is -0.481 e. The number of β-amino-alcohol motifs (C(OH)–C–C–N with tert-alkyl or cyclic N) is 1. The normalized spacial score (nSPS) is 24.0. The number of carbonyl (C=O) groups excluding carboxylic acids is 1. The fourth-order valence-corrected chi connectivity index (χ4v) is 3.38. The number of carbonyl (C=O) groups is 2. The summed E-state index contributed by atoms with van der Waals surface area (Å²) in [5.74, 6) is -0.965. The summed E-state index contributed by atoms with van der Waals surface area (Å²) in [4.78, 5) is 25.1. The molecule has 0 radical (unpaired) electrons. The van der Waals surface area contributed by atoms with E-state index in [9.17, 15) is 19.8 Å². The summed E-state index contributed by atoms with van der Waals surface area (Å²) >= 11 is 0. The molecule has 0 atom stereocenters. The molecule has 0 unspecified atom stereocenters. The first kappa shape index (κ1) is 14.3. The molecule has 1 saturated heterocycles. The van der Waals surface area contributed by atoms with E-state index in [-0.39, 0.29) is 12.3 Å². The van der Waals surface area contributed by atoms with E-state index >= 15 is 0 Å². The highest BCUT2D eigenvalue weighted by molar-refractivity contribution is 5.85. The number of amides is 1. The third kappa shape index (κ3) is 2.76. The number of nitrogens with zero attached hydrogens (tertiary/aromatic N) is 1. The Kier molecular flexibility index (Phi) is 3.85. The standard InChI is InChI=1S/C14H23NO4/c1-2-5-14(19)9-15(10-14)11(16)8-13(12(17)18)6-3-4-7-13/h19H,2-10H2,1H3,(H,17,18). The second kappa shape index (κ2) is 5.12. The highest BCUT2D eigenvalue weighted by Crippen LogP contribution is 2.42. The van der Waals surface area contributed by atoms with Crippen molar-refractivity contribution in [3.8, 4) is 0 Å². The summed E-state index contributed by atoms with van der Waals surface area (Å²) in [5.41, 5.74) is -1.59. The van der Waals surface area contributed by atoms with E-state index in [0.717, 1.165) is 19.3 Å². The van der Waals surface area contributed by atoms with Crippen molar-refractivity contribution in [3.63, 3.8) is 0 Å². The van der Waals surface area contributed by atoms with Crippen LogP contribution in [0.3, 0.4) is 0 Å². The van der Waals surface area contributed by atoms with Gasteiger partial charge < -0.3 is 15.1 Å². The molecule has 0 aromatic rings. The molecule has 19 heavy (non-hydrogen) atoms. The molecule has 2 fully saturated rings. The Bertz CT molecular complexity index is 368. The van der Waals surface area contributed by atoms with Gasteiger partial charge in [-0.15, -0.1) is 0 Å². The maximum Gasteiger partial charge on any atom is 0.310 e. The Labute approximate surface area is 113 Å². The molecule has 1 amide bonds. The molecule has 2 N–H and O–H groups in total. The van der Waals surface area contributed by atoms with Crippen LogP contribution >= 0.6 is 0 Å². The van der Waals surface area contributed by atoms with E-state index < -0.39 is 17.0 Å². The minimum absolute atomic E-state index is 0.0878. The van der Waals surface area contributed by atoms with Gasteiger partial charge in [0.25, 0.3) is 0 Å². The smallest absolute Gasteiger partial charge is 0.310 e. The largest absolute Gasteiger partial charge is 0.481 e. The lowest BCUT2D eigenvalue weighted by molar-refractivity contribution is -0.164. The second-order valence-corrected chi connectivity index (χ2v) is 6.19. The molecule has 5 heteroatoms. The molecule has 0 spiro atoms. The van der Waals surface area contributed by atoms with Crippen molar-refractivity contribution < 1.29 is 19.8 Å². The Morgan fingerprint density at radius 2 is 1.79 bits per heavy atom. The van der Waals surface area contributed by atoms with E-state index in [2.05, 4.69) is 0 Å². The number of carboxylic acid groups (broad SMARTS) is 1. The molecule has 2 rings (SSSR count). The quantitative estimate of drug-likeness (QED) is 0.790. The summed E-state index contributed by atoms with van der Waals surface area (Å²) in [7, 11) is 0. The molecular formula is C14H23NO4. The van der Waals surface area contributed by atoms with Gasteiger partial charge >= 0.3 is 5.97 Å². The predicted octanol–water partition coefficient (Wildman–Crippen LogP) is 1.39. The van der Waals surface area contributed by atoms with Gasteiger partial charge in [-0.3, -0.25) is 9.59 Å². The maximum atomic E-state index is 12.1. The Morgan fingerprint density at radius 1 is 1.21 bits per heavy atom. The van der Waals surface area contributed by atoms with Gasteiger partial charge in [-0.05, 0) is 19.3 Å². The Balaban J connectivity index is 1.90. The highest BCUT2D eigenvalue weighted by atomic mass is 16.4. The van der Waals surface area contributed by atoms with Crippen LogP contribution in [0, 0.1) is 5.41 Å².